The fourth-order valence-corrected chi connectivity index (χ4v) is 3.47. The predicted octanol–water partition coefficient (Wildman–Crippen LogP) is 3.53. The van der Waals surface area contributed by atoms with Gasteiger partial charge in [-0.1, -0.05) is 41.5 Å². The van der Waals surface area contributed by atoms with Crippen LogP contribution in [0.3, 0.4) is 0 Å². The van der Waals surface area contributed by atoms with Crippen LogP contribution in [0, 0.1) is 29.1 Å². The van der Waals surface area contributed by atoms with Crippen LogP contribution < -0.4 is 10.6 Å². The second-order valence-electron chi connectivity index (χ2n) is 7.81. The summed E-state index contributed by atoms with van der Waals surface area (Å²) in [6.07, 6.45) is 2.73. The van der Waals surface area contributed by atoms with E-state index in [2.05, 4.69) is 52.2 Å². The summed E-state index contributed by atoms with van der Waals surface area (Å²) in [5, 5.41) is 7.31. The van der Waals surface area contributed by atoms with Crippen molar-refractivity contribution in [2.45, 2.75) is 54.4 Å². The maximum Gasteiger partial charge on any atom is 0.000577 e. The minimum atomic E-state index is 0.409. The lowest BCUT2D eigenvalue weighted by molar-refractivity contribution is 0.158. The fourth-order valence-electron chi connectivity index (χ4n) is 3.47. The highest BCUT2D eigenvalue weighted by atomic mass is 14.9. The Morgan fingerprint density at radius 2 is 1.79 bits per heavy atom. The zero-order valence-corrected chi connectivity index (χ0v) is 14.1. The normalized spacial score (nSPS) is 21.6. The highest BCUT2D eigenvalue weighted by molar-refractivity contribution is 4.85. The average Bonchev–Trinajstić information content (AvgIpc) is 2.34. The van der Waals surface area contributed by atoms with Crippen LogP contribution in [-0.4, -0.2) is 26.2 Å². The molecule has 2 nitrogen and oxygen atoms in total. The van der Waals surface area contributed by atoms with Crippen molar-refractivity contribution < 1.29 is 0 Å². The lowest BCUT2D eigenvalue weighted by atomic mass is 9.74. The van der Waals surface area contributed by atoms with E-state index in [0.717, 1.165) is 30.2 Å². The number of hydrogen-bond acceptors (Lipinski definition) is 2. The van der Waals surface area contributed by atoms with Crippen LogP contribution in [0.2, 0.25) is 0 Å². The molecule has 0 aliphatic carbocycles. The molecule has 1 aliphatic heterocycles. The van der Waals surface area contributed by atoms with Gasteiger partial charge < -0.3 is 10.6 Å². The Balaban J connectivity index is 2.37. The van der Waals surface area contributed by atoms with E-state index in [1.54, 1.807) is 0 Å². The minimum absolute atomic E-state index is 0.409. The highest BCUT2D eigenvalue weighted by Crippen LogP contribution is 2.31. The number of hydrogen-bond donors (Lipinski definition) is 2. The third-order valence-electron chi connectivity index (χ3n) is 5.08. The molecule has 0 amide bonds. The molecule has 1 aliphatic rings. The van der Waals surface area contributed by atoms with E-state index in [9.17, 15) is 0 Å². The number of rotatable bonds is 7. The van der Waals surface area contributed by atoms with E-state index < -0.39 is 0 Å². The van der Waals surface area contributed by atoms with Crippen LogP contribution >= 0.6 is 0 Å². The summed E-state index contributed by atoms with van der Waals surface area (Å²) in [6, 6.07) is 0. The molecule has 1 heterocycles. The molecule has 1 atom stereocenters. The molecule has 0 aromatic rings. The Morgan fingerprint density at radius 3 is 2.26 bits per heavy atom. The van der Waals surface area contributed by atoms with Gasteiger partial charge in [0.15, 0.2) is 0 Å². The lowest BCUT2D eigenvalue weighted by Gasteiger charge is -2.38. The van der Waals surface area contributed by atoms with Gasteiger partial charge in [-0.25, -0.2) is 0 Å². The topological polar surface area (TPSA) is 24.1 Å². The standard InChI is InChI=1S/C17H36N2/c1-13(2)16(14(3)4)11-19-12-17(5,6)15-8-7-9-18-10-15/h13-16,18-19H,7-12H2,1-6H3. The van der Waals surface area contributed by atoms with E-state index in [0.29, 0.717) is 5.41 Å². The van der Waals surface area contributed by atoms with Gasteiger partial charge >= 0.3 is 0 Å². The lowest BCUT2D eigenvalue weighted by Crippen LogP contribution is -2.44. The van der Waals surface area contributed by atoms with Crippen molar-refractivity contribution in [3.63, 3.8) is 0 Å². The Morgan fingerprint density at radius 1 is 1.16 bits per heavy atom. The van der Waals surface area contributed by atoms with Crippen molar-refractivity contribution in [1.82, 2.24) is 10.6 Å². The second-order valence-corrected chi connectivity index (χ2v) is 7.81. The van der Waals surface area contributed by atoms with Gasteiger partial charge in [0.1, 0.15) is 0 Å². The van der Waals surface area contributed by atoms with Gasteiger partial charge in [-0.15, -0.1) is 0 Å². The summed E-state index contributed by atoms with van der Waals surface area (Å²) in [5.41, 5.74) is 0.409. The average molecular weight is 268 g/mol. The molecule has 2 heteroatoms. The van der Waals surface area contributed by atoms with Crippen LogP contribution in [0.5, 0.6) is 0 Å². The predicted molar refractivity (Wildman–Crippen MR) is 85.4 cm³/mol. The van der Waals surface area contributed by atoms with Crippen LogP contribution in [0.15, 0.2) is 0 Å². The Labute approximate surface area is 121 Å². The van der Waals surface area contributed by atoms with E-state index in [1.165, 1.54) is 32.5 Å². The smallest absolute Gasteiger partial charge is 0.000577 e. The van der Waals surface area contributed by atoms with Crippen LogP contribution in [-0.2, 0) is 0 Å². The Bertz CT molecular complexity index is 232. The van der Waals surface area contributed by atoms with Gasteiger partial charge in [0.25, 0.3) is 0 Å². The monoisotopic (exact) mass is 268 g/mol. The summed E-state index contributed by atoms with van der Waals surface area (Å²) >= 11 is 0. The summed E-state index contributed by atoms with van der Waals surface area (Å²) in [4.78, 5) is 0. The molecule has 0 bridgehead atoms. The van der Waals surface area contributed by atoms with Crippen molar-refractivity contribution in [2.24, 2.45) is 29.1 Å². The molecule has 19 heavy (non-hydrogen) atoms. The van der Waals surface area contributed by atoms with Crippen molar-refractivity contribution >= 4 is 0 Å². The summed E-state index contributed by atoms with van der Waals surface area (Å²) in [5.74, 6) is 3.16. The van der Waals surface area contributed by atoms with E-state index in [-0.39, 0.29) is 0 Å². The van der Waals surface area contributed by atoms with E-state index in [4.69, 9.17) is 0 Å². The zero-order valence-electron chi connectivity index (χ0n) is 14.1. The second kappa shape index (κ2) is 7.64. The van der Waals surface area contributed by atoms with Gasteiger partial charge in [-0.05, 0) is 61.6 Å². The molecular weight excluding hydrogens is 232 g/mol. The largest absolute Gasteiger partial charge is 0.316 e. The van der Waals surface area contributed by atoms with Gasteiger partial charge in [0.05, 0.1) is 0 Å². The molecule has 1 rings (SSSR count). The molecule has 1 unspecified atom stereocenters. The Hall–Kier alpha value is -0.0800. The van der Waals surface area contributed by atoms with Crippen molar-refractivity contribution in [1.29, 1.82) is 0 Å². The molecular formula is C17H36N2. The van der Waals surface area contributed by atoms with Gasteiger partial charge in [-0.3, -0.25) is 0 Å². The maximum atomic E-state index is 3.76. The quantitative estimate of drug-likeness (QED) is 0.738. The highest BCUT2D eigenvalue weighted by Gasteiger charge is 2.30. The molecule has 114 valence electrons. The summed E-state index contributed by atoms with van der Waals surface area (Å²) in [7, 11) is 0. The maximum absolute atomic E-state index is 3.76. The SMILES string of the molecule is CC(C)C(CNCC(C)(C)C1CCCNC1)C(C)C. The first-order valence-corrected chi connectivity index (χ1v) is 8.26. The number of piperidine rings is 1. The van der Waals surface area contributed by atoms with E-state index >= 15 is 0 Å². The molecule has 0 aromatic heterocycles. The van der Waals surface area contributed by atoms with Gasteiger partial charge in [-0.2, -0.15) is 0 Å². The summed E-state index contributed by atoms with van der Waals surface area (Å²) < 4.78 is 0. The third-order valence-corrected chi connectivity index (χ3v) is 5.08. The molecule has 0 saturated carbocycles. The fraction of sp³-hybridized carbons (Fsp3) is 1.00. The molecule has 0 spiro atoms. The first-order valence-electron chi connectivity index (χ1n) is 8.26. The molecule has 0 radical (unpaired) electrons. The molecule has 2 N–H and O–H groups in total. The van der Waals surface area contributed by atoms with Crippen molar-refractivity contribution in [3.8, 4) is 0 Å². The van der Waals surface area contributed by atoms with Crippen LogP contribution in [0.4, 0.5) is 0 Å². The van der Waals surface area contributed by atoms with E-state index in [1.807, 2.05) is 0 Å². The molecule has 1 saturated heterocycles. The minimum Gasteiger partial charge on any atom is -0.316 e. The van der Waals surface area contributed by atoms with Gasteiger partial charge in [0.2, 0.25) is 0 Å². The van der Waals surface area contributed by atoms with Crippen LogP contribution in [0.25, 0.3) is 0 Å². The van der Waals surface area contributed by atoms with Crippen molar-refractivity contribution in [2.75, 3.05) is 26.2 Å². The van der Waals surface area contributed by atoms with Crippen molar-refractivity contribution in [3.05, 3.63) is 0 Å². The molecule has 0 aromatic carbocycles. The third kappa shape index (κ3) is 5.43. The first kappa shape index (κ1) is 17.0. The molecule has 1 fully saturated rings. The van der Waals surface area contributed by atoms with Gasteiger partial charge in [0, 0.05) is 6.54 Å². The zero-order chi connectivity index (χ0) is 14.5. The summed E-state index contributed by atoms with van der Waals surface area (Å²) in [6.45, 7) is 19.0. The Kier molecular flexibility index (Phi) is 6.82. The van der Waals surface area contributed by atoms with Crippen LogP contribution in [0.1, 0.15) is 54.4 Å². The number of nitrogens with one attached hydrogen (secondary N) is 2. The first-order chi connectivity index (χ1) is 8.84.